The number of aliphatic hydroxyl groups excluding tert-OH is 1. The summed E-state index contributed by atoms with van der Waals surface area (Å²) in [5, 5.41) is 13.5. The van der Waals surface area contributed by atoms with Crippen molar-refractivity contribution in [1.29, 1.82) is 0 Å². The van der Waals surface area contributed by atoms with Crippen LogP contribution in [0.3, 0.4) is 0 Å². The van der Waals surface area contributed by atoms with Gasteiger partial charge in [0.05, 0.1) is 12.3 Å². The smallest absolute Gasteiger partial charge is 0.156 e. The molecule has 4 heteroatoms. The number of aromatic nitrogens is 3. The first-order valence-electron chi connectivity index (χ1n) is 5.74. The van der Waals surface area contributed by atoms with Crippen LogP contribution in [0.5, 0.6) is 0 Å². The third-order valence-electron chi connectivity index (χ3n) is 2.71. The van der Waals surface area contributed by atoms with Crippen LogP contribution < -0.4 is 0 Å². The molecule has 0 saturated heterocycles. The van der Waals surface area contributed by atoms with E-state index < -0.39 is 0 Å². The number of aliphatic hydroxyl groups is 1. The van der Waals surface area contributed by atoms with Gasteiger partial charge in [-0.2, -0.15) is 5.10 Å². The van der Waals surface area contributed by atoms with Gasteiger partial charge in [-0.1, -0.05) is 13.8 Å². The minimum atomic E-state index is 0.0183. The maximum Gasteiger partial charge on any atom is 0.156 e. The first-order valence-corrected chi connectivity index (χ1v) is 5.74. The van der Waals surface area contributed by atoms with E-state index >= 15 is 0 Å². The maximum atomic E-state index is 9.04. The zero-order valence-corrected chi connectivity index (χ0v) is 10.4. The summed E-state index contributed by atoms with van der Waals surface area (Å²) >= 11 is 0. The van der Waals surface area contributed by atoms with Gasteiger partial charge in [-0.05, 0) is 36.1 Å². The third-order valence-corrected chi connectivity index (χ3v) is 2.71. The normalized spacial score (nSPS) is 11.1. The van der Waals surface area contributed by atoms with Gasteiger partial charge >= 0.3 is 0 Å². The average molecular weight is 231 g/mol. The molecule has 0 saturated carbocycles. The molecule has 2 rings (SSSR count). The second kappa shape index (κ2) is 4.67. The van der Waals surface area contributed by atoms with Crippen molar-refractivity contribution in [2.45, 2.75) is 33.3 Å². The van der Waals surface area contributed by atoms with Crippen LogP contribution in [0.1, 0.15) is 36.6 Å². The molecule has 2 aromatic heterocycles. The largest absolute Gasteiger partial charge is 0.392 e. The minimum absolute atomic E-state index is 0.0183. The Hall–Kier alpha value is -1.68. The highest BCUT2D eigenvalue weighted by Gasteiger charge is 2.08. The molecular formula is C13H17N3O. The molecule has 0 aromatic carbocycles. The molecule has 90 valence electrons. The van der Waals surface area contributed by atoms with Crippen LogP contribution in [0, 0.1) is 6.92 Å². The summed E-state index contributed by atoms with van der Waals surface area (Å²) < 4.78 is 1.78. The Bertz CT molecular complexity index is 517. The third kappa shape index (κ3) is 2.36. The SMILES string of the molecule is Cc1cc(CO)cnc1-n1ccc(C(C)C)n1. The zero-order chi connectivity index (χ0) is 12.4. The lowest BCUT2D eigenvalue weighted by Crippen LogP contribution is -2.03. The minimum Gasteiger partial charge on any atom is -0.392 e. The summed E-state index contributed by atoms with van der Waals surface area (Å²) in [5.41, 5.74) is 2.88. The second-order valence-electron chi connectivity index (χ2n) is 4.48. The Morgan fingerprint density at radius 3 is 2.71 bits per heavy atom. The Morgan fingerprint density at radius 2 is 2.18 bits per heavy atom. The van der Waals surface area contributed by atoms with Crippen molar-refractivity contribution in [2.24, 2.45) is 0 Å². The topological polar surface area (TPSA) is 50.9 Å². The summed E-state index contributed by atoms with van der Waals surface area (Å²) in [6.45, 7) is 6.21. The van der Waals surface area contributed by atoms with Crippen LogP contribution in [0.15, 0.2) is 24.5 Å². The number of aryl methyl sites for hydroxylation is 1. The molecule has 0 bridgehead atoms. The molecule has 0 aliphatic rings. The van der Waals surface area contributed by atoms with Crippen molar-refractivity contribution in [3.63, 3.8) is 0 Å². The van der Waals surface area contributed by atoms with Gasteiger partial charge in [0.1, 0.15) is 0 Å². The lowest BCUT2D eigenvalue weighted by molar-refractivity contribution is 0.281. The average Bonchev–Trinajstić information content (AvgIpc) is 2.78. The van der Waals surface area contributed by atoms with Crippen molar-refractivity contribution in [3.8, 4) is 5.82 Å². The van der Waals surface area contributed by atoms with Gasteiger partial charge in [0.2, 0.25) is 0 Å². The maximum absolute atomic E-state index is 9.04. The van der Waals surface area contributed by atoms with E-state index in [0.717, 1.165) is 22.6 Å². The van der Waals surface area contributed by atoms with Gasteiger partial charge < -0.3 is 5.11 Å². The fraction of sp³-hybridized carbons (Fsp3) is 0.385. The highest BCUT2D eigenvalue weighted by molar-refractivity contribution is 5.34. The number of hydrogen-bond donors (Lipinski definition) is 1. The van der Waals surface area contributed by atoms with E-state index in [-0.39, 0.29) is 6.61 Å². The van der Waals surface area contributed by atoms with Gasteiger partial charge in [0.25, 0.3) is 0 Å². The molecule has 0 fully saturated rings. The molecule has 4 nitrogen and oxygen atoms in total. The van der Waals surface area contributed by atoms with Crippen LogP contribution >= 0.6 is 0 Å². The lowest BCUT2D eigenvalue weighted by atomic mass is 10.1. The summed E-state index contributed by atoms with van der Waals surface area (Å²) in [4.78, 5) is 4.33. The number of hydrogen-bond acceptors (Lipinski definition) is 3. The number of nitrogens with zero attached hydrogens (tertiary/aromatic N) is 3. The van der Waals surface area contributed by atoms with Crippen LogP contribution in [0.25, 0.3) is 5.82 Å². The van der Waals surface area contributed by atoms with Gasteiger partial charge in [-0.25, -0.2) is 9.67 Å². The molecule has 0 unspecified atom stereocenters. The first-order chi connectivity index (χ1) is 8.11. The van der Waals surface area contributed by atoms with E-state index in [0.29, 0.717) is 5.92 Å². The molecule has 0 spiro atoms. The van der Waals surface area contributed by atoms with Crippen LogP contribution in [0.4, 0.5) is 0 Å². The van der Waals surface area contributed by atoms with Crippen molar-refractivity contribution < 1.29 is 5.11 Å². The van der Waals surface area contributed by atoms with Gasteiger partial charge in [0.15, 0.2) is 5.82 Å². The molecular weight excluding hydrogens is 214 g/mol. The summed E-state index contributed by atoms with van der Waals surface area (Å²) in [7, 11) is 0. The van der Waals surface area contributed by atoms with Crippen LogP contribution in [0.2, 0.25) is 0 Å². The zero-order valence-electron chi connectivity index (χ0n) is 10.4. The Balaban J connectivity index is 2.38. The van der Waals surface area contributed by atoms with Crippen molar-refractivity contribution in [1.82, 2.24) is 14.8 Å². The predicted molar refractivity (Wildman–Crippen MR) is 66.1 cm³/mol. The fourth-order valence-electron chi connectivity index (χ4n) is 1.72. The molecule has 2 heterocycles. The number of rotatable bonds is 3. The van der Waals surface area contributed by atoms with Crippen molar-refractivity contribution in [3.05, 3.63) is 41.3 Å². The molecule has 0 aliphatic carbocycles. The standard InChI is InChI=1S/C13H17N3O/c1-9(2)12-4-5-16(15-12)13-10(3)6-11(8-17)7-14-13/h4-7,9,17H,8H2,1-3H3. The first kappa shape index (κ1) is 11.8. The van der Waals surface area contributed by atoms with Crippen molar-refractivity contribution in [2.75, 3.05) is 0 Å². The molecule has 2 aromatic rings. The Labute approximate surface area is 101 Å². The highest BCUT2D eigenvalue weighted by atomic mass is 16.3. The summed E-state index contributed by atoms with van der Waals surface area (Å²) in [6.07, 6.45) is 3.60. The summed E-state index contributed by atoms with van der Waals surface area (Å²) in [5.74, 6) is 1.22. The summed E-state index contributed by atoms with van der Waals surface area (Å²) in [6, 6.07) is 3.94. The molecule has 0 atom stereocenters. The predicted octanol–water partition coefficient (Wildman–Crippen LogP) is 2.19. The van der Waals surface area contributed by atoms with E-state index in [1.807, 2.05) is 25.3 Å². The molecule has 0 amide bonds. The second-order valence-corrected chi connectivity index (χ2v) is 4.48. The quantitative estimate of drug-likeness (QED) is 0.881. The van der Waals surface area contributed by atoms with E-state index in [4.69, 9.17) is 5.11 Å². The molecule has 1 N–H and O–H groups in total. The monoisotopic (exact) mass is 231 g/mol. The Kier molecular flexibility index (Phi) is 3.24. The number of pyridine rings is 1. The van der Waals surface area contributed by atoms with Crippen LogP contribution in [-0.4, -0.2) is 19.9 Å². The van der Waals surface area contributed by atoms with Crippen LogP contribution in [-0.2, 0) is 6.61 Å². The molecule has 17 heavy (non-hydrogen) atoms. The van der Waals surface area contributed by atoms with E-state index in [9.17, 15) is 0 Å². The molecule has 0 aliphatic heterocycles. The van der Waals surface area contributed by atoms with Gasteiger partial charge in [-0.3, -0.25) is 0 Å². The fourth-order valence-corrected chi connectivity index (χ4v) is 1.72. The highest BCUT2D eigenvalue weighted by Crippen LogP contribution is 2.16. The van der Waals surface area contributed by atoms with E-state index in [1.54, 1.807) is 10.9 Å². The van der Waals surface area contributed by atoms with Gasteiger partial charge in [-0.15, -0.1) is 0 Å². The lowest BCUT2D eigenvalue weighted by Gasteiger charge is -2.06. The van der Waals surface area contributed by atoms with E-state index in [1.165, 1.54) is 0 Å². The van der Waals surface area contributed by atoms with Gasteiger partial charge in [0, 0.05) is 12.4 Å². The van der Waals surface area contributed by atoms with E-state index in [2.05, 4.69) is 23.9 Å². The Morgan fingerprint density at radius 1 is 1.41 bits per heavy atom. The van der Waals surface area contributed by atoms with Crippen molar-refractivity contribution >= 4 is 0 Å². The molecule has 0 radical (unpaired) electrons.